The van der Waals surface area contributed by atoms with Gasteiger partial charge in [0.25, 0.3) is 0 Å². The first-order chi connectivity index (χ1) is 9.41. The van der Waals surface area contributed by atoms with E-state index >= 15 is 0 Å². The van der Waals surface area contributed by atoms with Gasteiger partial charge >= 0.3 is 12.1 Å². The molecule has 6 heteroatoms. The Morgan fingerprint density at radius 1 is 1.35 bits per heavy atom. The molecule has 1 amide bonds. The lowest BCUT2D eigenvalue weighted by molar-refractivity contribution is 0.0696. The van der Waals surface area contributed by atoms with Crippen molar-refractivity contribution < 1.29 is 24.5 Å². The minimum atomic E-state index is -1.03. The largest absolute Gasteiger partial charge is 0.491 e. The van der Waals surface area contributed by atoms with Crippen molar-refractivity contribution in [2.75, 3.05) is 13.2 Å². The Morgan fingerprint density at radius 2 is 2.05 bits per heavy atom. The van der Waals surface area contributed by atoms with Gasteiger partial charge in [0.15, 0.2) is 0 Å². The Kier molecular flexibility index (Phi) is 3.83. The molecule has 108 valence electrons. The van der Waals surface area contributed by atoms with Gasteiger partial charge in [0.05, 0.1) is 18.2 Å². The van der Waals surface area contributed by atoms with E-state index in [-0.39, 0.29) is 30.7 Å². The Hall–Kier alpha value is -2.24. The number of benzene rings is 1. The molecule has 20 heavy (non-hydrogen) atoms. The van der Waals surface area contributed by atoms with Gasteiger partial charge in [0.1, 0.15) is 12.4 Å². The van der Waals surface area contributed by atoms with Gasteiger partial charge in [-0.1, -0.05) is 19.9 Å². The van der Waals surface area contributed by atoms with E-state index in [4.69, 9.17) is 9.84 Å². The molecule has 1 aliphatic heterocycles. The summed E-state index contributed by atoms with van der Waals surface area (Å²) in [5, 5.41) is 18.3. The quantitative estimate of drug-likeness (QED) is 0.868. The number of hydrogen-bond acceptors (Lipinski definition) is 3. The van der Waals surface area contributed by atoms with Crippen LogP contribution in [0.1, 0.15) is 35.8 Å². The maximum atomic E-state index is 11.4. The van der Waals surface area contributed by atoms with Crippen molar-refractivity contribution in [1.82, 2.24) is 4.90 Å². The van der Waals surface area contributed by atoms with E-state index in [1.807, 2.05) is 13.8 Å². The van der Waals surface area contributed by atoms with Crippen molar-refractivity contribution in [3.05, 3.63) is 29.3 Å². The molecule has 0 fully saturated rings. The average molecular weight is 279 g/mol. The zero-order chi connectivity index (χ0) is 14.9. The topological polar surface area (TPSA) is 87.1 Å². The third-order valence-corrected chi connectivity index (χ3v) is 3.38. The van der Waals surface area contributed by atoms with Crippen LogP contribution in [0.5, 0.6) is 5.75 Å². The minimum absolute atomic E-state index is 0.0576. The monoisotopic (exact) mass is 279 g/mol. The Morgan fingerprint density at radius 3 is 2.60 bits per heavy atom. The molecular weight excluding hydrogens is 262 g/mol. The van der Waals surface area contributed by atoms with E-state index in [1.165, 1.54) is 17.0 Å². The predicted octanol–water partition coefficient (Wildman–Crippen LogP) is 2.45. The maximum absolute atomic E-state index is 11.4. The number of rotatable bonds is 2. The van der Waals surface area contributed by atoms with Crippen LogP contribution in [-0.4, -0.2) is 40.3 Å². The number of carbonyl (C=O) groups is 2. The van der Waals surface area contributed by atoms with Gasteiger partial charge in [-0.3, -0.25) is 4.90 Å². The van der Waals surface area contributed by atoms with Crippen molar-refractivity contribution >= 4 is 12.1 Å². The molecule has 0 radical (unpaired) electrons. The van der Waals surface area contributed by atoms with Gasteiger partial charge in [-0.25, -0.2) is 9.59 Å². The summed E-state index contributed by atoms with van der Waals surface area (Å²) in [7, 11) is 0. The summed E-state index contributed by atoms with van der Waals surface area (Å²) in [6, 6.07) is 4.24. The Bertz CT molecular complexity index is 540. The summed E-state index contributed by atoms with van der Waals surface area (Å²) in [4.78, 5) is 23.7. The second kappa shape index (κ2) is 5.40. The first-order valence-electron chi connectivity index (χ1n) is 6.41. The van der Waals surface area contributed by atoms with Crippen molar-refractivity contribution in [3.8, 4) is 5.75 Å². The number of nitrogens with zero attached hydrogens (tertiary/aromatic N) is 1. The molecule has 1 heterocycles. The van der Waals surface area contributed by atoms with E-state index in [0.29, 0.717) is 11.3 Å². The highest BCUT2D eigenvalue weighted by Crippen LogP contribution is 2.37. The standard InChI is InChI=1S/C14H17NO5/c1-8(2)12-10-4-3-9(13(16)17)7-11(10)20-6-5-15(12)14(18)19/h3-4,7-8,12H,5-6H2,1-2H3,(H,16,17)(H,18,19)/t12-/m1/s1. The van der Waals surface area contributed by atoms with Crippen LogP contribution in [0.25, 0.3) is 0 Å². The number of ether oxygens (including phenoxy) is 1. The molecule has 2 rings (SSSR count). The van der Waals surface area contributed by atoms with E-state index in [0.717, 1.165) is 0 Å². The highest BCUT2D eigenvalue weighted by Gasteiger charge is 2.32. The lowest BCUT2D eigenvalue weighted by Crippen LogP contribution is -2.37. The average Bonchev–Trinajstić information content (AvgIpc) is 2.56. The fraction of sp³-hybridized carbons (Fsp3) is 0.429. The fourth-order valence-corrected chi connectivity index (χ4v) is 2.53. The summed E-state index contributed by atoms with van der Waals surface area (Å²) in [6.45, 7) is 4.34. The number of carboxylic acid groups (broad SMARTS) is 2. The van der Waals surface area contributed by atoms with Crippen molar-refractivity contribution in [3.63, 3.8) is 0 Å². The van der Waals surface area contributed by atoms with Gasteiger partial charge in [0, 0.05) is 5.56 Å². The van der Waals surface area contributed by atoms with Crippen molar-refractivity contribution in [1.29, 1.82) is 0 Å². The van der Waals surface area contributed by atoms with E-state index in [9.17, 15) is 14.7 Å². The summed E-state index contributed by atoms with van der Waals surface area (Å²) in [6.07, 6.45) is -0.998. The lowest BCUT2D eigenvalue weighted by atomic mass is 9.93. The van der Waals surface area contributed by atoms with Crippen LogP contribution in [0.3, 0.4) is 0 Å². The van der Waals surface area contributed by atoms with E-state index in [1.54, 1.807) is 6.07 Å². The molecule has 0 aliphatic carbocycles. The smallest absolute Gasteiger partial charge is 0.407 e. The second-order valence-corrected chi connectivity index (χ2v) is 5.07. The van der Waals surface area contributed by atoms with Crippen LogP contribution in [-0.2, 0) is 0 Å². The zero-order valence-electron chi connectivity index (χ0n) is 11.4. The van der Waals surface area contributed by atoms with Crippen molar-refractivity contribution in [2.45, 2.75) is 19.9 Å². The molecule has 0 bridgehead atoms. The molecule has 1 aromatic rings. The Labute approximate surface area is 116 Å². The second-order valence-electron chi connectivity index (χ2n) is 5.07. The van der Waals surface area contributed by atoms with Crippen LogP contribution in [0.4, 0.5) is 4.79 Å². The summed E-state index contributed by atoms with van der Waals surface area (Å²) in [5.74, 6) is -0.522. The molecule has 0 saturated heterocycles. The Balaban J connectivity index is 2.51. The third kappa shape index (κ3) is 2.54. The van der Waals surface area contributed by atoms with Crippen LogP contribution in [0.15, 0.2) is 18.2 Å². The molecule has 0 unspecified atom stereocenters. The summed E-state index contributed by atoms with van der Waals surface area (Å²) >= 11 is 0. The molecule has 6 nitrogen and oxygen atoms in total. The number of hydrogen-bond donors (Lipinski definition) is 2. The predicted molar refractivity (Wildman–Crippen MR) is 71.2 cm³/mol. The van der Waals surface area contributed by atoms with Gasteiger partial charge in [-0.2, -0.15) is 0 Å². The molecule has 1 aliphatic rings. The van der Waals surface area contributed by atoms with Crippen LogP contribution in [0.2, 0.25) is 0 Å². The van der Waals surface area contributed by atoms with Gasteiger partial charge in [-0.15, -0.1) is 0 Å². The van der Waals surface area contributed by atoms with Crippen molar-refractivity contribution in [2.24, 2.45) is 5.92 Å². The summed E-state index contributed by atoms with van der Waals surface area (Å²) in [5.41, 5.74) is 0.847. The number of amides is 1. The van der Waals surface area contributed by atoms with Crippen LogP contribution >= 0.6 is 0 Å². The van der Waals surface area contributed by atoms with Gasteiger partial charge < -0.3 is 14.9 Å². The molecule has 0 saturated carbocycles. The number of carboxylic acids is 1. The fourth-order valence-electron chi connectivity index (χ4n) is 2.53. The first-order valence-corrected chi connectivity index (χ1v) is 6.41. The molecular formula is C14H17NO5. The van der Waals surface area contributed by atoms with Crippen LogP contribution in [0, 0.1) is 5.92 Å². The lowest BCUT2D eigenvalue weighted by Gasteiger charge is -2.30. The molecule has 1 atom stereocenters. The van der Waals surface area contributed by atoms with E-state index < -0.39 is 12.1 Å². The maximum Gasteiger partial charge on any atom is 0.407 e. The van der Waals surface area contributed by atoms with Gasteiger partial charge in [-0.05, 0) is 18.1 Å². The molecule has 0 aromatic heterocycles. The highest BCUT2D eigenvalue weighted by molar-refractivity contribution is 5.88. The third-order valence-electron chi connectivity index (χ3n) is 3.38. The SMILES string of the molecule is CC(C)[C@@H]1c2ccc(C(=O)O)cc2OCCN1C(=O)O. The molecule has 2 N–H and O–H groups in total. The summed E-state index contributed by atoms with van der Waals surface area (Å²) < 4.78 is 5.53. The highest BCUT2D eigenvalue weighted by atomic mass is 16.5. The van der Waals surface area contributed by atoms with Gasteiger partial charge in [0.2, 0.25) is 0 Å². The molecule has 0 spiro atoms. The van der Waals surface area contributed by atoms with Crippen LogP contribution < -0.4 is 4.74 Å². The first kappa shape index (κ1) is 14.2. The van der Waals surface area contributed by atoms with E-state index in [2.05, 4.69) is 0 Å². The minimum Gasteiger partial charge on any atom is -0.491 e. The number of fused-ring (bicyclic) bond motifs is 1. The zero-order valence-corrected chi connectivity index (χ0v) is 11.4. The number of aromatic carboxylic acids is 1. The molecule has 1 aromatic carbocycles. The normalized spacial score (nSPS) is 18.1.